The van der Waals surface area contributed by atoms with E-state index in [1.807, 2.05) is 0 Å². The number of likely N-dealkylation sites (N-methyl/N-ethyl adjacent to an activating group) is 1. The van der Waals surface area contributed by atoms with Crippen LogP contribution in [0.1, 0.15) is 0 Å². The summed E-state index contributed by atoms with van der Waals surface area (Å²) in [4.78, 5) is 21.3. The smallest absolute Gasteiger partial charge is 0.253 e. The summed E-state index contributed by atoms with van der Waals surface area (Å²) in [6.07, 6.45) is 1.63. The SMILES string of the molecule is CN(C=O)C(=O)/C=C\S. The average molecular weight is 145 g/mol. The fraction of sp³-hybridized carbons (Fsp3) is 0.200. The lowest BCUT2D eigenvalue weighted by molar-refractivity contribution is -0.132. The fourth-order valence-corrected chi connectivity index (χ4v) is 0.361. The summed E-state index contributed by atoms with van der Waals surface area (Å²) in [6, 6.07) is 0. The Kier molecular flexibility index (Phi) is 3.79. The summed E-state index contributed by atoms with van der Waals surface area (Å²) < 4.78 is 0. The molecule has 4 heteroatoms. The summed E-state index contributed by atoms with van der Waals surface area (Å²) in [6.45, 7) is 0. The van der Waals surface area contributed by atoms with Gasteiger partial charge in [-0.3, -0.25) is 14.5 Å². The lowest BCUT2D eigenvalue weighted by atomic mass is 10.5. The van der Waals surface area contributed by atoms with Crippen molar-refractivity contribution in [1.29, 1.82) is 0 Å². The van der Waals surface area contributed by atoms with Crippen molar-refractivity contribution in [2.45, 2.75) is 0 Å². The minimum absolute atomic E-state index is 0.375. The van der Waals surface area contributed by atoms with Crippen molar-refractivity contribution in [3.05, 3.63) is 11.5 Å². The van der Waals surface area contributed by atoms with Gasteiger partial charge in [0.25, 0.3) is 5.91 Å². The average Bonchev–Trinajstić information content (AvgIpc) is 1.87. The van der Waals surface area contributed by atoms with Crippen molar-refractivity contribution in [2.75, 3.05) is 7.05 Å². The molecule has 0 unspecified atom stereocenters. The quantitative estimate of drug-likeness (QED) is 0.338. The van der Waals surface area contributed by atoms with Gasteiger partial charge in [0.15, 0.2) is 0 Å². The lowest BCUT2D eigenvalue weighted by Crippen LogP contribution is -2.22. The highest BCUT2D eigenvalue weighted by Gasteiger charge is 1.99. The summed E-state index contributed by atoms with van der Waals surface area (Å²) in [5.41, 5.74) is 0. The molecule has 0 aliphatic rings. The van der Waals surface area contributed by atoms with Crippen LogP contribution >= 0.6 is 12.6 Å². The molecule has 0 fully saturated rings. The van der Waals surface area contributed by atoms with Crippen LogP contribution < -0.4 is 0 Å². The molecule has 0 rings (SSSR count). The Morgan fingerprint density at radius 2 is 2.22 bits per heavy atom. The van der Waals surface area contributed by atoms with Gasteiger partial charge in [0.05, 0.1) is 0 Å². The molecule has 0 heterocycles. The molecule has 0 aliphatic carbocycles. The van der Waals surface area contributed by atoms with E-state index >= 15 is 0 Å². The first-order valence-corrected chi connectivity index (χ1v) is 2.77. The van der Waals surface area contributed by atoms with E-state index in [0.717, 1.165) is 4.90 Å². The van der Waals surface area contributed by atoms with Crippen LogP contribution in [0.25, 0.3) is 0 Å². The third-order valence-electron chi connectivity index (χ3n) is 0.723. The van der Waals surface area contributed by atoms with E-state index in [0.29, 0.717) is 6.41 Å². The van der Waals surface area contributed by atoms with Crippen LogP contribution in [0.15, 0.2) is 11.5 Å². The third kappa shape index (κ3) is 2.92. The maximum absolute atomic E-state index is 10.5. The molecule has 2 amide bonds. The van der Waals surface area contributed by atoms with Gasteiger partial charge in [-0.1, -0.05) is 0 Å². The van der Waals surface area contributed by atoms with Gasteiger partial charge in [-0.25, -0.2) is 0 Å². The van der Waals surface area contributed by atoms with Crippen molar-refractivity contribution < 1.29 is 9.59 Å². The summed E-state index contributed by atoms with van der Waals surface area (Å²) >= 11 is 3.65. The van der Waals surface area contributed by atoms with Crippen LogP contribution in [0.5, 0.6) is 0 Å². The zero-order valence-electron chi connectivity index (χ0n) is 4.94. The Hall–Kier alpha value is -0.770. The van der Waals surface area contributed by atoms with Gasteiger partial charge in [0.1, 0.15) is 0 Å². The predicted octanol–water partition coefficient (Wildman–Crippen LogP) is 0.0447. The van der Waals surface area contributed by atoms with E-state index in [-0.39, 0.29) is 5.91 Å². The molecule has 0 spiro atoms. The molecule has 0 aromatic rings. The molecule has 0 aliphatic heterocycles. The highest BCUT2D eigenvalue weighted by atomic mass is 32.1. The van der Waals surface area contributed by atoms with Crippen molar-refractivity contribution in [2.24, 2.45) is 0 Å². The largest absolute Gasteiger partial charge is 0.285 e. The molecule has 3 nitrogen and oxygen atoms in total. The molecule has 0 atom stereocenters. The summed E-state index contributed by atoms with van der Waals surface area (Å²) in [7, 11) is 1.38. The molecule has 0 radical (unpaired) electrons. The second-order valence-corrected chi connectivity index (χ2v) is 1.67. The first kappa shape index (κ1) is 8.23. The first-order chi connectivity index (χ1) is 4.22. The molecule has 0 saturated heterocycles. The van der Waals surface area contributed by atoms with Crippen molar-refractivity contribution >= 4 is 24.9 Å². The molecule has 9 heavy (non-hydrogen) atoms. The Labute approximate surface area is 58.7 Å². The normalized spacial score (nSPS) is 9.56. The van der Waals surface area contributed by atoms with E-state index in [4.69, 9.17) is 0 Å². The minimum atomic E-state index is -0.375. The lowest BCUT2D eigenvalue weighted by Gasteiger charge is -2.01. The number of rotatable bonds is 2. The van der Waals surface area contributed by atoms with Crippen LogP contribution in [0.4, 0.5) is 0 Å². The van der Waals surface area contributed by atoms with Crippen LogP contribution in [0.3, 0.4) is 0 Å². The van der Waals surface area contributed by atoms with E-state index in [1.165, 1.54) is 18.5 Å². The molecule has 0 aromatic heterocycles. The number of imide groups is 1. The monoisotopic (exact) mass is 145 g/mol. The first-order valence-electron chi connectivity index (χ1n) is 2.25. The van der Waals surface area contributed by atoms with Gasteiger partial charge in [0.2, 0.25) is 6.41 Å². The van der Waals surface area contributed by atoms with Crippen LogP contribution in [-0.2, 0) is 9.59 Å². The second-order valence-electron chi connectivity index (χ2n) is 1.37. The Morgan fingerprint density at radius 3 is 2.56 bits per heavy atom. The van der Waals surface area contributed by atoms with Gasteiger partial charge in [0, 0.05) is 13.1 Å². The predicted molar refractivity (Wildman–Crippen MR) is 37.0 cm³/mol. The third-order valence-corrected chi connectivity index (χ3v) is 0.872. The second kappa shape index (κ2) is 4.14. The highest BCUT2D eigenvalue weighted by Crippen LogP contribution is 1.83. The van der Waals surface area contributed by atoms with Crippen molar-refractivity contribution in [3.63, 3.8) is 0 Å². The zero-order chi connectivity index (χ0) is 7.28. The van der Waals surface area contributed by atoms with Crippen molar-refractivity contribution in [1.82, 2.24) is 4.90 Å². The van der Waals surface area contributed by atoms with E-state index in [9.17, 15) is 9.59 Å². The highest BCUT2D eigenvalue weighted by molar-refractivity contribution is 7.83. The van der Waals surface area contributed by atoms with Crippen LogP contribution in [0.2, 0.25) is 0 Å². The van der Waals surface area contributed by atoms with E-state index in [2.05, 4.69) is 12.6 Å². The van der Waals surface area contributed by atoms with Gasteiger partial charge in [-0.05, 0) is 5.41 Å². The maximum atomic E-state index is 10.5. The molecule has 0 aromatic carbocycles. The molecule has 50 valence electrons. The van der Waals surface area contributed by atoms with E-state index in [1.54, 1.807) is 0 Å². The summed E-state index contributed by atoms with van der Waals surface area (Å²) in [5, 5.41) is 1.28. The van der Waals surface area contributed by atoms with E-state index < -0.39 is 0 Å². The Balaban J connectivity index is 3.87. The standard InChI is InChI=1S/C5H7NO2S/c1-6(4-7)5(8)2-3-9/h2-4,9H,1H3/b3-2-. The van der Waals surface area contributed by atoms with Gasteiger partial charge >= 0.3 is 0 Å². The topological polar surface area (TPSA) is 37.4 Å². The zero-order valence-corrected chi connectivity index (χ0v) is 5.84. The maximum Gasteiger partial charge on any atom is 0.253 e. The van der Waals surface area contributed by atoms with Crippen LogP contribution in [-0.4, -0.2) is 24.3 Å². The number of carbonyl (C=O) groups is 2. The van der Waals surface area contributed by atoms with Gasteiger partial charge in [-0.15, -0.1) is 0 Å². The summed E-state index contributed by atoms with van der Waals surface area (Å²) in [5.74, 6) is -0.375. The van der Waals surface area contributed by atoms with Gasteiger partial charge < -0.3 is 0 Å². The molecular formula is C5H7NO2S. The number of hydrogen-bond acceptors (Lipinski definition) is 3. The van der Waals surface area contributed by atoms with Crippen LogP contribution in [0, 0.1) is 0 Å². The number of hydrogen-bond donors (Lipinski definition) is 1. The Bertz CT molecular complexity index is 144. The number of nitrogens with zero attached hydrogens (tertiary/aromatic N) is 1. The van der Waals surface area contributed by atoms with Gasteiger partial charge in [-0.2, -0.15) is 12.6 Å². The molecule has 0 bridgehead atoms. The fourth-order valence-electron chi connectivity index (χ4n) is 0.233. The number of carbonyl (C=O) groups excluding carboxylic acids is 2. The molecule has 0 saturated carbocycles. The number of thiol groups is 1. The molecule has 0 N–H and O–H groups in total. The van der Waals surface area contributed by atoms with Crippen molar-refractivity contribution in [3.8, 4) is 0 Å². The minimum Gasteiger partial charge on any atom is -0.285 e. The Morgan fingerprint density at radius 1 is 1.67 bits per heavy atom. The number of amides is 2. The molecular weight excluding hydrogens is 138 g/mol.